The van der Waals surface area contributed by atoms with E-state index in [4.69, 9.17) is 5.11 Å². The minimum atomic E-state index is -1.08. The van der Waals surface area contributed by atoms with Gasteiger partial charge in [0.2, 0.25) is 11.8 Å². The predicted octanol–water partition coefficient (Wildman–Crippen LogP) is 1.85. The molecule has 5 N–H and O–H groups in total. The van der Waals surface area contributed by atoms with Gasteiger partial charge < -0.3 is 21.1 Å². The van der Waals surface area contributed by atoms with Gasteiger partial charge >= 0.3 is 12.0 Å². The van der Waals surface area contributed by atoms with Crippen LogP contribution in [0.4, 0.5) is 9.93 Å². The second kappa shape index (κ2) is 12.8. The first-order chi connectivity index (χ1) is 16.9. The largest absolute Gasteiger partial charge is 0.481 e. The number of hydrogen-bond acceptors (Lipinski definition) is 7. The van der Waals surface area contributed by atoms with Gasteiger partial charge in [-0.2, -0.15) is 0 Å². The van der Waals surface area contributed by atoms with E-state index in [0.29, 0.717) is 22.9 Å². The van der Waals surface area contributed by atoms with Gasteiger partial charge in [0.15, 0.2) is 5.13 Å². The molecule has 4 amide bonds. The van der Waals surface area contributed by atoms with Crippen molar-refractivity contribution in [3.63, 3.8) is 0 Å². The van der Waals surface area contributed by atoms with E-state index in [1.54, 1.807) is 23.7 Å². The van der Waals surface area contributed by atoms with E-state index in [9.17, 15) is 19.2 Å². The third-order valence-electron chi connectivity index (χ3n) is 4.66. The maximum atomic E-state index is 12.2. The maximum Gasteiger partial charge on any atom is 0.321 e. The van der Waals surface area contributed by atoms with Crippen molar-refractivity contribution in [2.75, 3.05) is 11.9 Å². The standard InChI is InChI=1S/C23H24N6O5S/c30-19(25-13-20(31)28-18(10-21(32)33)16-7-4-8-24-12-16)9-17-14-35-23(27-17)29-22(34)26-11-15-5-2-1-3-6-15/h1-8,12,14,18H,9-11,13H2,(H,25,30)(H,28,31)(H,32,33)(H2,26,27,29,34). The summed E-state index contributed by atoms with van der Waals surface area (Å²) in [6, 6.07) is 11.6. The van der Waals surface area contributed by atoms with Gasteiger partial charge in [0.25, 0.3) is 0 Å². The number of nitrogens with zero attached hydrogens (tertiary/aromatic N) is 2. The number of thiazole rings is 1. The summed E-state index contributed by atoms with van der Waals surface area (Å²) in [4.78, 5) is 55.8. The second-order valence-electron chi connectivity index (χ2n) is 7.40. The van der Waals surface area contributed by atoms with Crippen LogP contribution in [0.3, 0.4) is 0 Å². The van der Waals surface area contributed by atoms with Gasteiger partial charge in [-0.15, -0.1) is 11.3 Å². The molecule has 182 valence electrons. The van der Waals surface area contributed by atoms with Crippen molar-refractivity contribution in [2.24, 2.45) is 0 Å². The molecule has 3 aromatic rings. The minimum Gasteiger partial charge on any atom is -0.481 e. The van der Waals surface area contributed by atoms with Crippen LogP contribution in [-0.4, -0.2) is 45.4 Å². The number of benzene rings is 1. The Labute approximate surface area is 205 Å². The molecule has 0 bridgehead atoms. The van der Waals surface area contributed by atoms with Crippen LogP contribution in [0.2, 0.25) is 0 Å². The monoisotopic (exact) mass is 496 g/mol. The molecule has 0 spiro atoms. The van der Waals surface area contributed by atoms with Crippen molar-refractivity contribution in [1.29, 1.82) is 0 Å². The highest BCUT2D eigenvalue weighted by Crippen LogP contribution is 2.16. The van der Waals surface area contributed by atoms with E-state index >= 15 is 0 Å². The number of anilines is 1. The molecule has 0 aliphatic carbocycles. The Morgan fingerprint density at radius 2 is 1.80 bits per heavy atom. The van der Waals surface area contributed by atoms with Crippen LogP contribution in [0, 0.1) is 0 Å². The summed E-state index contributed by atoms with van der Waals surface area (Å²) in [6.07, 6.45) is 2.61. The third-order valence-corrected chi connectivity index (χ3v) is 5.46. The third kappa shape index (κ3) is 8.85. The molecule has 0 aliphatic rings. The lowest BCUT2D eigenvalue weighted by Crippen LogP contribution is -2.39. The van der Waals surface area contributed by atoms with Crippen molar-refractivity contribution >= 4 is 40.3 Å². The molecular weight excluding hydrogens is 472 g/mol. The van der Waals surface area contributed by atoms with E-state index in [2.05, 4.69) is 31.2 Å². The lowest BCUT2D eigenvalue weighted by molar-refractivity contribution is -0.138. The molecule has 0 radical (unpaired) electrons. The van der Waals surface area contributed by atoms with E-state index in [1.165, 1.54) is 17.5 Å². The quantitative estimate of drug-likeness (QED) is 0.270. The summed E-state index contributed by atoms with van der Waals surface area (Å²) < 4.78 is 0. The topological polar surface area (TPSA) is 162 Å². The number of aliphatic carboxylic acids is 1. The molecule has 3 rings (SSSR count). The van der Waals surface area contributed by atoms with Crippen LogP contribution in [0.25, 0.3) is 0 Å². The lowest BCUT2D eigenvalue weighted by atomic mass is 10.1. The molecule has 2 heterocycles. The van der Waals surface area contributed by atoms with Gasteiger partial charge in [0.1, 0.15) is 0 Å². The number of hydrogen-bond donors (Lipinski definition) is 5. The number of aromatic nitrogens is 2. The molecule has 11 nitrogen and oxygen atoms in total. The zero-order chi connectivity index (χ0) is 25.0. The SMILES string of the molecule is O=C(O)CC(NC(=O)CNC(=O)Cc1csc(NC(=O)NCc2ccccc2)n1)c1cccnc1. The van der Waals surface area contributed by atoms with E-state index in [0.717, 1.165) is 5.56 Å². The van der Waals surface area contributed by atoms with Gasteiger partial charge in [0, 0.05) is 24.3 Å². The summed E-state index contributed by atoms with van der Waals surface area (Å²) in [7, 11) is 0. The van der Waals surface area contributed by atoms with Crippen molar-refractivity contribution in [1.82, 2.24) is 25.9 Å². The fourth-order valence-electron chi connectivity index (χ4n) is 3.03. The Balaban J connectivity index is 1.42. The number of carboxylic acid groups (broad SMARTS) is 1. The summed E-state index contributed by atoms with van der Waals surface area (Å²) in [5, 5.41) is 21.5. The van der Waals surface area contributed by atoms with Crippen LogP contribution in [0.15, 0.2) is 60.2 Å². The number of carboxylic acids is 1. The Morgan fingerprint density at radius 3 is 2.51 bits per heavy atom. The first-order valence-corrected chi connectivity index (χ1v) is 11.5. The lowest BCUT2D eigenvalue weighted by Gasteiger charge is -2.17. The van der Waals surface area contributed by atoms with E-state index in [-0.39, 0.29) is 19.4 Å². The minimum absolute atomic E-state index is 0.0851. The Kier molecular flexibility index (Phi) is 9.25. The molecule has 35 heavy (non-hydrogen) atoms. The average Bonchev–Trinajstić information content (AvgIpc) is 3.28. The van der Waals surface area contributed by atoms with Crippen LogP contribution >= 0.6 is 11.3 Å². The second-order valence-corrected chi connectivity index (χ2v) is 8.25. The van der Waals surface area contributed by atoms with Gasteiger partial charge in [-0.25, -0.2) is 9.78 Å². The molecule has 1 atom stereocenters. The molecule has 12 heteroatoms. The number of urea groups is 1. The van der Waals surface area contributed by atoms with Crippen molar-refractivity contribution in [2.45, 2.75) is 25.4 Å². The van der Waals surface area contributed by atoms with E-state index < -0.39 is 29.9 Å². The Hall–Kier alpha value is -4.32. The molecule has 1 unspecified atom stereocenters. The molecule has 2 aromatic heterocycles. The number of pyridine rings is 1. The highest BCUT2D eigenvalue weighted by atomic mass is 32.1. The van der Waals surface area contributed by atoms with Gasteiger partial charge in [-0.3, -0.25) is 24.7 Å². The maximum absolute atomic E-state index is 12.2. The van der Waals surface area contributed by atoms with Crippen LogP contribution < -0.4 is 21.3 Å². The first-order valence-electron chi connectivity index (χ1n) is 10.6. The van der Waals surface area contributed by atoms with Crippen molar-refractivity contribution in [3.8, 4) is 0 Å². The van der Waals surface area contributed by atoms with Crippen molar-refractivity contribution in [3.05, 3.63) is 77.1 Å². The van der Waals surface area contributed by atoms with Crippen LogP contribution in [-0.2, 0) is 27.3 Å². The van der Waals surface area contributed by atoms with Crippen LogP contribution in [0.5, 0.6) is 0 Å². The summed E-state index contributed by atoms with van der Waals surface area (Å²) >= 11 is 1.17. The number of amides is 4. The highest BCUT2D eigenvalue weighted by molar-refractivity contribution is 7.13. The van der Waals surface area contributed by atoms with E-state index in [1.807, 2.05) is 30.3 Å². The average molecular weight is 497 g/mol. The fourth-order valence-corrected chi connectivity index (χ4v) is 3.73. The van der Waals surface area contributed by atoms with Crippen molar-refractivity contribution < 1.29 is 24.3 Å². The van der Waals surface area contributed by atoms with Gasteiger partial charge in [-0.05, 0) is 17.2 Å². The number of carbonyl (C=O) groups is 4. The highest BCUT2D eigenvalue weighted by Gasteiger charge is 2.19. The number of rotatable bonds is 11. The summed E-state index contributed by atoms with van der Waals surface area (Å²) in [5.74, 6) is -2.06. The normalized spacial score (nSPS) is 11.2. The Morgan fingerprint density at radius 1 is 1.00 bits per heavy atom. The molecule has 0 saturated heterocycles. The number of carbonyl (C=O) groups excluding carboxylic acids is 3. The fraction of sp³-hybridized carbons (Fsp3) is 0.217. The van der Waals surface area contributed by atoms with Gasteiger partial charge in [0.05, 0.1) is 31.1 Å². The zero-order valence-corrected chi connectivity index (χ0v) is 19.4. The van der Waals surface area contributed by atoms with Crippen LogP contribution in [0.1, 0.15) is 29.3 Å². The molecule has 0 saturated carbocycles. The molecular formula is C23H24N6O5S. The zero-order valence-electron chi connectivity index (χ0n) is 18.6. The smallest absolute Gasteiger partial charge is 0.321 e. The first kappa shape index (κ1) is 25.3. The molecule has 0 aliphatic heterocycles. The molecule has 0 fully saturated rings. The predicted molar refractivity (Wildman–Crippen MR) is 129 cm³/mol. The summed E-state index contributed by atoms with van der Waals surface area (Å²) in [5.41, 5.74) is 1.94. The number of nitrogens with one attached hydrogen (secondary N) is 4. The molecule has 1 aromatic carbocycles. The van der Waals surface area contributed by atoms with Gasteiger partial charge in [-0.1, -0.05) is 36.4 Å². The Bertz CT molecular complexity index is 1160. The summed E-state index contributed by atoms with van der Waals surface area (Å²) in [6.45, 7) is 0.0375.